The van der Waals surface area contributed by atoms with Crippen LogP contribution in [0.3, 0.4) is 0 Å². The van der Waals surface area contributed by atoms with Gasteiger partial charge in [0, 0.05) is 35.6 Å². The van der Waals surface area contributed by atoms with E-state index in [0.717, 1.165) is 34.8 Å². The minimum atomic E-state index is 0.274. The van der Waals surface area contributed by atoms with E-state index in [4.69, 9.17) is 0 Å². The Bertz CT molecular complexity index is 868. The summed E-state index contributed by atoms with van der Waals surface area (Å²) in [6, 6.07) is 6.58. The van der Waals surface area contributed by atoms with Crippen LogP contribution in [-0.4, -0.2) is 45.9 Å². The van der Waals surface area contributed by atoms with Crippen LogP contribution >= 0.6 is 0 Å². The molecule has 5 heterocycles. The number of aromatic amines is 1. The summed E-state index contributed by atoms with van der Waals surface area (Å²) in [5, 5.41) is 21.2. The summed E-state index contributed by atoms with van der Waals surface area (Å²) < 4.78 is 1.02. The highest BCUT2D eigenvalue weighted by molar-refractivity contribution is 5.86. The number of phenolic OH excluding ortho intramolecular Hbond substituents is 1. The fraction of sp³-hybridized carbons (Fsp3) is 0.500. The molecule has 4 heteroatoms. The monoisotopic (exact) mass is 325 g/mol. The standard InChI is InChI=1S/C20H24N2O2/c1-3-11-9-22(2)18-8-15-14-6-12(24)4-5-17(14)21-20(15)19(22)7-13(11)16(18)10-23/h3-6,13,16,18-19,21,23H,7-10H2,1-2H3/p+1/b11-3-/t13-,16+,18-,19-,22?/m0/s1. The summed E-state index contributed by atoms with van der Waals surface area (Å²) in [6.07, 6.45) is 4.39. The van der Waals surface area contributed by atoms with Gasteiger partial charge >= 0.3 is 0 Å². The maximum Gasteiger partial charge on any atom is 0.131 e. The lowest BCUT2D eigenvalue weighted by Gasteiger charge is -2.62. The number of quaternary nitrogens is 1. The number of aliphatic hydroxyl groups is 1. The average Bonchev–Trinajstić information content (AvgIpc) is 2.91. The smallest absolute Gasteiger partial charge is 0.131 e. The van der Waals surface area contributed by atoms with Crippen LogP contribution in [0.25, 0.3) is 10.9 Å². The highest BCUT2D eigenvalue weighted by atomic mass is 16.3. The van der Waals surface area contributed by atoms with E-state index >= 15 is 0 Å². The predicted molar refractivity (Wildman–Crippen MR) is 93.7 cm³/mol. The van der Waals surface area contributed by atoms with Crippen LogP contribution in [0.15, 0.2) is 29.8 Å². The first-order chi connectivity index (χ1) is 11.6. The number of piperidine rings is 3. The Kier molecular flexibility index (Phi) is 2.82. The molecule has 1 unspecified atom stereocenters. The van der Waals surface area contributed by atoms with Gasteiger partial charge in [-0.2, -0.15) is 0 Å². The zero-order chi connectivity index (χ0) is 16.6. The number of allylic oxidation sites excluding steroid dienone is 1. The van der Waals surface area contributed by atoms with Gasteiger partial charge in [-0.3, -0.25) is 0 Å². The predicted octanol–water partition coefficient (Wildman–Crippen LogP) is 2.87. The van der Waals surface area contributed by atoms with Crippen LogP contribution in [0.2, 0.25) is 0 Å². The highest BCUT2D eigenvalue weighted by Crippen LogP contribution is 2.57. The number of hydrogen-bond donors (Lipinski definition) is 3. The molecule has 4 bridgehead atoms. The number of nitrogens with zero attached hydrogens (tertiary/aromatic N) is 1. The van der Waals surface area contributed by atoms with Crippen molar-refractivity contribution < 1.29 is 14.7 Å². The third kappa shape index (κ3) is 1.60. The zero-order valence-electron chi connectivity index (χ0n) is 14.3. The number of fused-ring (bicyclic) bond motifs is 4. The number of likely N-dealkylation sites (N-methyl/N-ethyl adjacent to an activating group) is 1. The summed E-state index contributed by atoms with van der Waals surface area (Å²) in [5.41, 5.74) is 5.39. The molecule has 0 spiro atoms. The number of rotatable bonds is 1. The van der Waals surface area contributed by atoms with Crippen LogP contribution in [0.4, 0.5) is 0 Å². The quantitative estimate of drug-likeness (QED) is 0.558. The van der Waals surface area contributed by atoms with Gasteiger partial charge in [-0.05, 0) is 36.3 Å². The van der Waals surface area contributed by atoms with E-state index in [9.17, 15) is 10.2 Å². The maximum atomic E-state index is 10.1. The van der Waals surface area contributed by atoms with Crippen molar-refractivity contribution in [2.45, 2.75) is 31.8 Å². The minimum Gasteiger partial charge on any atom is -0.508 e. The van der Waals surface area contributed by atoms with Gasteiger partial charge in [0.15, 0.2) is 0 Å². The van der Waals surface area contributed by atoms with E-state index < -0.39 is 0 Å². The number of aromatic hydroxyl groups is 1. The zero-order valence-corrected chi connectivity index (χ0v) is 14.3. The number of aliphatic hydroxyl groups excluding tert-OH is 1. The first kappa shape index (κ1) is 14.6. The molecule has 4 aliphatic rings. The van der Waals surface area contributed by atoms with E-state index in [1.807, 2.05) is 12.1 Å². The van der Waals surface area contributed by atoms with Gasteiger partial charge < -0.3 is 19.7 Å². The number of aromatic nitrogens is 1. The third-order valence-corrected chi connectivity index (χ3v) is 7.21. The molecule has 126 valence electrons. The van der Waals surface area contributed by atoms with Crippen molar-refractivity contribution in [1.29, 1.82) is 0 Å². The van der Waals surface area contributed by atoms with E-state index in [-0.39, 0.29) is 6.61 Å². The lowest BCUT2D eigenvalue weighted by Crippen LogP contribution is -2.70. The third-order valence-electron chi connectivity index (χ3n) is 7.21. The summed E-state index contributed by atoms with van der Waals surface area (Å²) in [7, 11) is 2.38. The van der Waals surface area contributed by atoms with Crippen molar-refractivity contribution >= 4 is 10.9 Å². The van der Waals surface area contributed by atoms with Gasteiger partial charge in [-0.15, -0.1) is 0 Å². The molecule has 0 amide bonds. The summed E-state index contributed by atoms with van der Waals surface area (Å²) in [5.74, 6) is 1.20. The Morgan fingerprint density at radius 3 is 2.96 bits per heavy atom. The van der Waals surface area contributed by atoms with Gasteiger partial charge in [0.25, 0.3) is 0 Å². The number of benzene rings is 1. The fourth-order valence-electron chi connectivity index (χ4n) is 6.05. The van der Waals surface area contributed by atoms with Crippen LogP contribution in [-0.2, 0) is 6.42 Å². The van der Waals surface area contributed by atoms with E-state index in [1.54, 1.807) is 6.07 Å². The van der Waals surface area contributed by atoms with E-state index in [0.29, 0.717) is 29.7 Å². The number of hydrogen-bond acceptors (Lipinski definition) is 2. The van der Waals surface area contributed by atoms with Gasteiger partial charge in [-0.1, -0.05) is 6.08 Å². The van der Waals surface area contributed by atoms with Gasteiger partial charge in [0.05, 0.1) is 25.4 Å². The van der Waals surface area contributed by atoms with E-state index in [2.05, 4.69) is 25.0 Å². The van der Waals surface area contributed by atoms with Gasteiger partial charge in [0.2, 0.25) is 0 Å². The topological polar surface area (TPSA) is 56.2 Å². The molecular formula is C20H25N2O2+. The van der Waals surface area contributed by atoms with Crippen molar-refractivity contribution in [2.24, 2.45) is 11.8 Å². The SMILES string of the molecule is C/C=C1/C[N+]2(C)[C@H]3C[C@@H]1[C@@H](CO)[C@@H]2Cc1c3[nH]c2ccc(O)cc12. The summed E-state index contributed by atoms with van der Waals surface area (Å²) in [4.78, 5) is 3.67. The number of nitrogens with one attached hydrogen (secondary N) is 1. The Morgan fingerprint density at radius 1 is 1.38 bits per heavy atom. The Hall–Kier alpha value is -1.78. The molecule has 3 N–H and O–H groups in total. The van der Waals surface area contributed by atoms with Gasteiger partial charge in [0.1, 0.15) is 18.3 Å². The molecule has 2 aromatic rings. The molecule has 3 saturated heterocycles. The second-order valence-corrected chi connectivity index (χ2v) is 8.09. The van der Waals surface area contributed by atoms with E-state index in [1.165, 1.54) is 16.8 Å². The number of H-pyrrole nitrogens is 1. The number of phenols is 1. The molecule has 4 nitrogen and oxygen atoms in total. The molecular weight excluding hydrogens is 300 g/mol. The van der Waals surface area contributed by atoms with Gasteiger partial charge in [-0.25, -0.2) is 0 Å². The molecule has 0 saturated carbocycles. The molecule has 0 aliphatic carbocycles. The first-order valence-corrected chi connectivity index (χ1v) is 9.01. The first-order valence-electron chi connectivity index (χ1n) is 9.01. The average molecular weight is 325 g/mol. The second-order valence-electron chi connectivity index (χ2n) is 8.09. The Balaban J connectivity index is 1.73. The summed E-state index contributed by atoms with van der Waals surface area (Å²) in [6.45, 7) is 3.52. The molecule has 1 aromatic heterocycles. The van der Waals surface area contributed by atoms with Crippen LogP contribution in [0, 0.1) is 11.8 Å². The van der Waals surface area contributed by atoms with Crippen molar-refractivity contribution in [2.75, 3.05) is 20.2 Å². The van der Waals surface area contributed by atoms with Crippen molar-refractivity contribution in [3.63, 3.8) is 0 Å². The lowest BCUT2D eigenvalue weighted by atomic mass is 9.62. The fourth-order valence-corrected chi connectivity index (χ4v) is 6.05. The second kappa shape index (κ2) is 4.64. The van der Waals surface area contributed by atoms with Crippen LogP contribution in [0.1, 0.15) is 30.6 Å². The van der Waals surface area contributed by atoms with Crippen molar-refractivity contribution in [3.05, 3.63) is 41.1 Å². The maximum absolute atomic E-state index is 10.1. The lowest BCUT2D eigenvalue weighted by molar-refractivity contribution is -0.978. The molecule has 24 heavy (non-hydrogen) atoms. The molecule has 3 fully saturated rings. The molecule has 6 rings (SSSR count). The molecule has 4 aliphatic heterocycles. The highest BCUT2D eigenvalue weighted by Gasteiger charge is 2.61. The normalized spacial score (nSPS) is 38.7. The Labute approximate surface area is 142 Å². The van der Waals surface area contributed by atoms with Crippen molar-refractivity contribution in [3.8, 4) is 5.75 Å². The summed E-state index contributed by atoms with van der Waals surface area (Å²) >= 11 is 0. The molecule has 5 atom stereocenters. The molecule has 1 aromatic carbocycles. The minimum absolute atomic E-state index is 0.274. The van der Waals surface area contributed by atoms with Crippen LogP contribution < -0.4 is 0 Å². The van der Waals surface area contributed by atoms with Crippen molar-refractivity contribution in [1.82, 2.24) is 4.98 Å². The van der Waals surface area contributed by atoms with Crippen LogP contribution in [0.5, 0.6) is 5.75 Å². The largest absolute Gasteiger partial charge is 0.508 e. The Morgan fingerprint density at radius 2 is 2.21 bits per heavy atom. The molecule has 0 radical (unpaired) electrons.